The van der Waals surface area contributed by atoms with Crippen LogP contribution in [0.3, 0.4) is 0 Å². The van der Waals surface area contributed by atoms with Crippen molar-refractivity contribution < 1.29 is 18.3 Å². The first kappa shape index (κ1) is 21.4. The molecule has 0 saturated carbocycles. The predicted molar refractivity (Wildman–Crippen MR) is 111 cm³/mol. The number of thioether (sulfide) groups is 1. The fourth-order valence-electron chi connectivity index (χ4n) is 2.22. The highest BCUT2D eigenvalue weighted by molar-refractivity contribution is 8.00. The number of nitrogens with zero attached hydrogens (tertiary/aromatic N) is 3. The van der Waals surface area contributed by atoms with Gasteiger partial charge in [-0.2, -0.15) is 14.0 Å². The average Bonchev–Trinajstić information content (AvgIpc) is 3.19. The number of aromatic nitrogens is 2. The van der Waals surface area contributed by atoms with Crippen molar-refractivity contribution >= 4 is 40.2 Å². The molecule has 0 atom stereocenters. The van der Waals surface area contributed by atoms with E-state index in [0.29, 0.717) is 26.4 Å². The predicted octanol–water partition coefficient (Wildman–Crippen LogP) is 4.96. The van der Waals surface area contributed by atoms with E-state index in [1.165, 1.54) is 41.3 Å². The minimum Gasteiger partial charge on any atom is -0.435 e. The number of amides is 1. The quantitative estimate of drug-likeness (QED) is 0.300. The lowest BCUT2D eigenvalue weighted by molar-refractivity contribution is -0.111. The van der Waals surface area contributed by atoms with Gasteiger partial charge in [0.25, 0.3) is 0 Å². The maximum absolute atomic E-state index is 12.1. The highest BCUT2D eigenvalue weighted by Crippen LogP contribution is 2.28. The number of nitrogens with one attached hydrogen (secondary N) is 1. The molecule has 1 N–H and O–H groups in total. The smallest absolute Gasteiger partial charge is 0.387 e. The van der Waals surface area contributed by atoms with Crippen LogP contribution < -0.4 is 10.1 Å². The van der Waals surface area contributed by atoms with Crippen molar-refractivity contribution in [1.82, 2.24) is 10.2 Å². The molecule has 0 aliphatic heterocycles. The van der Waals surface area contributed by atoms with Crippen LogP contribution >= 0.6 is 23.1 Å². The Labute approximate surface area is 179 Å². The molecule has 10 heteroatoms. The van der Waals surface area contributed by atoms with E-state index in [9.17, 15) is 13.6 Å². The van der Waals surface area contributed by atoms with Gasteiger partial charge in [0.05, 0.1) is 11.6 Å². The van der Waals surface area contributed by atoms with E-state index in [1.54, 1.807) is 30.3 Å². The standard InChI is InChI=1S/C20H14F2N4O2S2/c21-18(22)28-16-8-5-13(6-9-16)7-10-17(27)24-19-25-26-20(30-19)29-12-15-3-1-14(11-23)2-4-15/h1-10,18H,12H2,(H,24,25,27)/b10-7+. The average molecular weight is 444 g/mol. The Morgan fingerprint density at radius 3 is 2.60 bits per heavy atom. The van der Waals surface area contributed by atoms with E-state index >= 15 is 0 Å². The van der Waals surface area contributed by atoms with Gasteiger partial charge in [-0.05, 0) is 41.5 Å². The van der Waals surface area contributed by atoms with Crippen molar-refractivity contribution in [1.29, 1.82) is 5.26 Å². The Morgan fingerprint density at radius 1 is 1.20 bits per heavy atom. The van der Waals surface area contributed by atoms with Gasteiger partial charge in [-0.1, -0.05) is 47.4 Å². The molecule has 0 fully saturated rings. The molecule has 0 spiro atoms. The van der Waals surface area contributed by atoms with Crippen LogP contribution in [0.1, 0.15) is 16.7 Å². The lowest BCUT2D eigenvalue weighted by Crippen LogP contribution is -2.07. The molecule has 0 radical (unpaired) electrons. The molecular formula is C20H14F2N4O2S2. The fraction of sp³-hybridized carbons (Fsp3) is 0.100. The molecule has 3 aromatic rings. The fourth-order valence-corrected chi connectivity index (χ4v) is 3.93. The number of hydrogen-bond donors (Lipinski definition) is 1. The van der Waals surface area contributed by atoms with E-state index in [4.69, 9.17) is 5.26 Å². The molecular weight excluding hydrogens is 430 g/mol. The summed E-state index contributed by atoms with van der Waals surface area (Å²) in [6.07, 6.45) is 2.86. The third-order valence-corrected chi connectivity index (χ3v) is 5.66. The molecule has 0 bridgehead atoms. The van der Waals surface area contributed by atoms with Gasteiger partial charge in [-0.3, -0.25) is 10.1 Å². The van der Waals surface area contributed by atoms with E-state index in [2.05, 4.69) is 26.3 Å². The summed E-state index contributed by atoms with van der Waals surface area (Å²) in [4.78, 5) is 12.0. The number of nitriles is 1. The molecule has 0 unspecified atom stereocenters. The van der Waals surface area contributed by atoms with Gasteiger partial charge in [-0.25, -0.2) is 0 Å². The first-order valence-corrected chi connectivity index (χ1v) is 10.3. The van der Waals surface area contributed by atoms with E-state index < -0.39 is 6.61 Å². The van der Waals surface area contributed by atoms with E-state index in [1.807, 2.05) is 12.1 Å². The Bertz CT molecular complexity index is 1060. The minimum absolute atomic E-state index is 0.0477. The first-order valence-electron chi connectivity index (χ1n) is 8.51. The second kappa shape index (κ2) is 10.5. The van der Waals surface area contributed by atoms with Crippen LogP contribution in [0.4, 0.5) is 13.9 Å². The number of ether oxygens (including phenoxy) is 1. The Hall–Kier alpha value is -3.29. The number of halogens is 2. The van der Waals surface area contributed by atoms with Gasteiger partial charge < -0.3 is 4.74 Å². The SMILES string of the molecule is N#Cc1ccc(CSc2nnc(NC(=O)/C=C/c3ccc(OC(F)F)cc3)s2)cc1. The number of carbonyl (C=O) groups is 1. The second-order valence-corrected chi connectivity index (χ2v) is 7.94. The normalized spacial score (nSPS) is 10.9. The topological polar surface area (TPSA) is 87.9 Å². The number of rotatable bonds is 8. The lowest BCUT2D eigenvalue weighted by atomic mass is 10.2. The summed E-state index contributed by atoms with van der Waals surface area (Å²) in [5.74, 6) is 0.327. The van der Waals surface area contributed by atoms with Crippen LogP contribution in [0.2, 0.25) is 0 Å². The Morgan fingerprint density at radius 2 is 1.93 bits per heavy atom. The monoisotopic (exact) mass is 444 g/mol. The van der Waals surface area contributed by atoms with Crippen LogP contribution in [0, 0.1) is 11.3 Å². The van der Waals surface area contributed by atoms with E-state index in [0.717, 1.165) is 5.56 Å². The summed E-state index contributed by atoms with van der Waals surface area (Å²) in [6, 6.07) is 15.3. The Kier molecular flexibility index (Phi) is 7.48. The molecule has 30 heavy (non-hydrogen) atoms. The third kappa shape index (κ3) is 6.65. The molecule has 1 amide bonds. The van der Waals surface area contributed by atoms with Crippen molar-refractivity contribution in [2.75, 3.05) is 5.32 Å². The van der Waals surface area contributed by atoms with Crippen molar-refractivity contribution in [3.63, 3.8) is 0 Å². The molecule has 152 valence electrons. The maximum Gasteiger partial charge on any atom is 0.387 e. The van der Waals surface area contributed by atoms with Gasteiger partial charge >= 0.3 is 6.61 Å². The van der Waals surface area contributed by atoms with Gasteiger partial charge in [0.15, 0.2) is 4.34 Å². The van der Waals surface area contributed by atoms with Crippen molar-refractivity contribution in [2.45, 2.75) is 16.7 Å². The summed E-state index contributed by atoms with van der Waals surface area (Å²) in [5.41, 5.74) is 2.31. The summed E-state index contributed by atoms with van der Waals surface area (Å²) in [7, 11) is 0. The van der Waals surface area contributed by atoms with E-state index in [-0.39, 0.29) is 11.7 Å². The van der Waals surface area contributed by atoms with Crippen LogP contribution in [-0.4, -0.2) is 22.7 Å². The molecule has 3 rings (SSSR count). The first-order chi connectivity index (χ1) is 14.5. The van der Waals surface area contributed by atoms with Crippen LogP contribution in [-0.2, 0) is 10.5 Å². The second-order valence-electron chi connectivity index (χ2n) is 5.74. The molecule has 0 saturated heterocycles. The number of alkyl halides is 2. The highest BCUT2D eigenvalue weighted by atomic mass is 32.2. The summed E-state index contributed by atoms with van der Waals surface area (Å²) < 4.78 is 29.2. The number of carbonyl (C=O) groups excluding carboxylic acids is 1. The minimum atomic E-state index is -2.88. The molecule has 1 aromatic heterocycles. The molecule has 6 nitrogen and oxygen atoms in total. The number of benzene rings is 2. The third-order valence-electron chi connectivity index (χ3n) is 3.61. The van der Waals surface area contributed by atoms with Gasteiger partial charge in [0.2, 0.25) is 11.0 Å². The van der Waals surface area contributed by atoms with Crippen molar-refractivity contribution in [3.8, 4) is 11.8 Å². The van der Waals surface area contributed by atoms with Crippen LogP contribution in [0.15, 0.2) is 58.9 Å². The van der Waals surface area contributed by atoms with Crippen molar-refractivity contribution in [3.05, 3.63) is 71.3 Å². The largest absolute Gasteiger partial charge is 0.435 e. The molecule has 2 aromatic carbocycles. The Balaban J connectivity index is 1.49. The summed E-state index contributed by atoms with van der Waals surface area (Å²) in [6.45, 7) is -2.88. The van der Waals surface area contributed by atoms with Crippen LogP contribution in [0.25, 0.3) is 6.08 Å². The van der Waals surface area contributed by atoms with Crippen molar-refractivity contribution in [2.24, 2.45) is 0 Å². The zero-order chi connectivity index (χ0) is 21.3. The maximum atomic E-state index is 12.1. The van der Waals surface area contributed by atoms with Gasteiger partial charge in [0.1, 0.15) is 5.75 Å². The number of hydrogen-bond acceptors (Lipinski definition) is 7. The highest BCUT2D eigenvalue weighted by Gasteiger charge is 2.08. The molecule has 0 aliphatic carbocycles. The lowest BCUT2D eigenvalue weighted by Gasteiger charge is -2.03. The van der Waals surface area contributed by atoms with Gasteiger partial charge in [-0.15, -0.1) is 10.2 Å². The zero-order valence-electron chi connectivity index (χ0n) is 15.3. The van der Waals surface area contributed by atoms with Crippen LogP contribution in [0.5, 0.6) is 5.75 Å². The molecule has 0 aliphatic rings. The zero-order valence-corrected chi connectivity index (χ0v) is 16.9. The van der Waals surface area contributed by atoms with Gasteiger partial charge in [0, 0.05) is 11.8 Å². The molecule has 1 heterocycles. The summed E-state index contributed by atoms with van der Waals surface area (Å²) >= 11 is 2.73. The number of anilines is 1. The summed E-state index contributed by atoms with van der Waals surface area (Å²) in [5, 5.41) is 19.8.